The van der Waals surface area contributed by atoms with E-state index in [0.717, 1.165) is 0 Å². The van der Waals surface area contributed by atoms with Gasteiger partial charge < -0.3 is 4.42 Å². The summed E-state index contributed by atoms with van der Waals surface area (Å²) in [4.78, 5) is -0.920. The van der Waals surface area contributed by atoms with E-state index in [2.05, 4.69) is 4.72 Å². The van der Waals surface area contributed by atoms with Crippen molar-refractivity contribution >= 4 is 10.0 Å². The van der Waals surface area contributed by atoms with Crippen LogP contribution in [-0.4, -0.2) is 14.5 Å². The van der Waals surface area contributed by atoms with E-state index in [1.165, 1.54) is 6.26 Å². The average molecular weight is 333 g/mol. The minimum absolute atomic E-state index is 0.401. The number of nitrogens with one attached hydrogen (secondary N) is 1. The van der Waals surface area contributed by atoms with Gasteiger partial charge in [-0.05, 0) is 37.6 Å². The van der Waals surface area contributed by atoms with E-state index in [-0.39, 0.29) is 0 Å². The lowest BCUT2D eigenvalue weighted by Gasteiger charge is -2.14. The fourth-order valence-electron chi connectivity index (χ4n) is 1.92. The first-order chi connectivity index (χ1) is 10.3. The van der Waals surface area contributed by atoms with Gasteiger partial charge in [0.05, 0.1) is 6.26 Å². The summed E-state index contributed by atoms with van der Waals surface area (Å²) in [7, 11) is -4.28. The zero-order chi connectivity index (χ0) is 16.3. The van der Waals surface area contributed by atoms with E-state index in [1.807, 2.05) is 0 Å². The van der Waals surface area contributed by atoms with Crippen molar-refractivity contribution in [3.8, 4) is 0 Å². The molecule has 1 N–H and O–H groups in total. The second kappa shape index (κ2) is 6.53. The first kappa shape index (κ1) is 16.6. The van der Waals surface area contributed by atoms with Gasteiger partial charge in [0.15, 0.2) is 17.5 Å². The van der Waals surface area contributed by atoms with Crippen molar-refractivity contribution in [3.05, 3.63) is 53.7 Å². The Morgan fingerprint density at radius 2 is 1.91 bits per heavy atom. The molecular formula is C14H14F3NO3S. The highest BCUT2D eigenvalue weighted by molar-refractivity contribution is 7.89. The number of hydrogen-bond donors (Lipinski definition) is 1. The lowest BCUT2D eigenvalue weighted by Crippen LogP contribution is -2.33. The summed E-state index contributed by atoms with van der Waals surface area (Å²) >= 11 is 0. The monoisotopic (exact) mass is 333 g/mol. The quantitative estimate of drug-likeness (QED) is 0.827. The second-order valence-corrected chi connectivity index (χ2v) is 6.50. The summed E-state index contributed by atoms with van der Waals surface area (Å²) in [5, 5.41) is 0. The van der Waals surface area contributed by atoms with Crippen molar-refractivity contribution in [1.29, 1.82) is 0 Å². The van der Waals surface area contributed by atoms with Gasteiger partial charge in [-0.2, -0.15) is 0 Å². The van der Waals surface area contributed by atoms with Crippen LogP contribution < -0.4 is 4.72 Å². The van der Waals surface area contributed by atoms with Crippen LogP contribution in [0.5, 0.6) is 0 Å². The molecule has 22 heavy (non-hydrogen) atoms. The van der Waals surface area contributed by atoms with Crippen LogP contribution in [0.4, 0.5) is 13.2 Å². The average Bonchev–Trinajstić information content (AvgIpc) is 2.95. The first-order valence-corrected chi connectivity index (χ1v) is 7.98. The minimum Gasteiger partial charge on any atom is -0.469 e. The second-order valence-electron chi connectivity index (χ2n) is 4.81. The first-order valence-electron chi connectivity index (χ1n) is 6.49. The maximum Gasteiger partial charge on any atom is 0.243 e. The third kappa shape index (κ3) is 3.69. The molecule has 1 atom stereocenters. The summed E-state index contributed by atoms with van der Waals surface area (Å²) in [5.41, 5.74) is 0. The lowest BCUT2D eigenvalue weighted by atomic mass is 10.2. The van der Waals surface area contributed by atoms with Gasteiger partial charge in [0.2, 0.25) is 10.0 Å². The molecule has 4 nitrogen and oxygen atoms in total. The third-order valence-corrected chi connectivity index (χ3v) is 4.66. The fraction of sp³-hybridized carbons (Fsp3) is 0.286. The predicted molar refractivity (Wildman–Crippen MR) is 73.1 cm³/mol. The summed E-state index contributed by atoms with van der Waals surface area (Å²) in [6.45, 7) is 1.58. The van der Waals surface area contributed by atoms with E-state index in [9.17, 15) is 21.6 Å². The predicted octanol–water partition coefficient (Wildman–Crippen LogP) is 3.00. The van der Waals surface area contributed by atoms with Crippen molar-refractivity contribution in [3.63, 3.8) is 0 Å². The van der Waals surface area contributed by atoms with Gasteiger partial charge >= 0.3 is 0 Å². The number of rotatable bonds is 6. The highest BCUT2D eigenvalue weighted by atomic mass is 32.2. The summed E-state index contributed by atoms with van der Waals surface area (Å²) < 4.78 is 70.9. The Bertz CT molecular complexity index is 745. The lowest BCUT2D eigenvalue weighted by molar-refractivity contribution is 0.430. The highest BCUT2D eigenvalue weighted by Crippen LogP contribution is 2.20. The SMILES string of the molecule is C[C@H](CCc1ccco1)NS(=O)(=O)c1ccc(F)c(F)c1F. The molecule has 0 aliphatic heterocycles. The van der Waals surface area contributed by atoms with Crippen LogP contribution in [0.1, 0.15) is 19.1 Å². The molecule has 0 aliphatic carbocycles. The van der Waals surface area contributed by atoms with Crippen LogP contribution in [0.25, 0.3) is 0 Å². The Morgan fingerprint density at radius 1 is 1.18 bits per heavy atom. The molecule has 0 spiro atoms. The fourth-order valence-corrected chi connectivity index (χ4v) is 3.26. The largest absolute Gasteiger partial charge is 0.469 e. The molecule has 0 saturated carbocycles. The number of benzene rings is 1. The van der Waals surface area contributed by atoms with Gasteiger partial charge in [-0.25, -0.2) is 26.3 Å². The minimum atomic E-state index is -4.28. The summed E-state index contributed by atoms with van der Waals surface area (Å²) in [5.74, 6) is -4.30. The Labute approximate surface area is 126 Å². The van der Waals surface area contributed by atoms with Crippen molar-refractivity contribution in [2.45, 2.75) is 30.7 Å². The molecule has 0 fully saturated rings. The van der Waals surface area contributed by atoms with E-state index in [4.69, 9.17) is 4.42 Å². The number of furan rings is 1. The molecule has 1 aromatic carbocycles. The van der Waals surface area contributed by atoms with Crippen LogP contribution >= 0.6 is 0 Å². The van der Waals surface area contributed by atoms with E-state index in [0.29, 0.717) is 30.7 Å². The highest BCUT2D eigenvalue weighted by Gasteiger charge is 2.25. The van der Waals surface area contributed by atoms with Crippen molar-refractivity contribution in [1.82, 2.24) is 4.72 Å². The summed E-state index contributed by atoms with van der Waals surface area (Å²) in [6.07, 6.45) is 2.38. The van der Waals surface area contributed by atoms with E-state index < -0.39 is 38.4 Å². The van der Waals surface area contributed by atoms with Gasteiger partial charge in [0, 0.05) is 12.5 Å². The van der Waals surface area contributed by atoms with Crippen LogP contribution in [0.15, 0.2) is 39.8 Å². The number of aryl methyl sites for hydroxylation is 1. The topological polar surface area (TPSA) is 59.3 Å². The van der Waals surface area contributed by atoms with Crippen LogP contribution in [0.2, 0.25) is 0 Å². The molecule has 0 bridgehead atoms. The van der Waals surface area contributed by atoms with Crippen LogP contribution in [0.3, 0.4) is 0 Å². The van der Waals surface area contributed by atoms with Crippen LogP contribution in [0, 0.1) is 17.5 Å². The molecule has 0 saturated heterocycles. The van der Waals surface area contributed by atoms with Gasteiger partial charge in [-0.3, -0.25) is 0 Å². The maximum atomic E-state index is 13.6. The van der Waals surface area contributed by atoms with E-state index in [1.54, 1.807) is 19.1 Å². The maximum absolute atomic E-state index is 13.6. The Morgan fingerprint density at radius 3 is 2.55 bits per heavy atom. The normalized spacial score (nSPS) is 13.3. The van der Waals surface area contributed by atoms with Crippen LogP contribution in [-0.2, 0) is 16.4 Å². The molecule has 1 aromatic heterocycles. The molecular weight excluding hydrogens is 319 g/mol. The van der Waals surface area contributed by atoms with E-state index >= 15 is 0 Å². The number of halogens is 3. The zero-order valence-electron chi connectivity index (χ0n) is 11.6. The summed E-state index contributed by atoms with van der Waals surface area (Å²) in [6, 6.07) is 4.18. The smallest absolute Gasteiger partial charge is 0.243 e. The van der Waals surface area contributed by atoms with Gasteiger partial charge in [-0.15, -0.1) is 0 Å². The van der Waals surface area contributed by atoms with Gasteiger partial charge in [0.25, 0.3) is 0 Å². The zero-order valence-corrected chi connectivity index (χ0v) is 12.5. The van der Waals surface area contributed by atoms with Crippen molar-refractivity contribution in [2.24, 2.45) is 0 Å². The van der Waals surface area contributed by atoms with Crippen molar-refractivity contribution < 1.29 is 26.0 Å². The molecule has 8 heteroatoms. The van der Waals surface area contributed by atoms with Gasteiger partial charge in [0.1, 0.15) is 10.7 Å². The van der Waals surface area contributed by atoms with Crippen molar-refractivity contribution in [2.75, 3.05) is 0 Å². The Balaban J connectivity index is 2.09. The Hall–Kier alpha value is -1.80. The molecule has 1 heterocycles. The molecule has 0 aliphatic rings. The molecule has 2 aromatic rings. The molecule has 2 rings (SSSR count). The molecule has 0 radical (unpaired) electrons. The third-order valence-electron chi connectivity index (χ3n) is 3.05. The molecule has 0 amide bonds. The number of hydrogen-bond acceptors (Lipinski definition) is 3. The van der Waals surface area contributed by atoms with Gasteiger partial charge in [-0.1, -0.05) is 0 Å². The molecule has 0 unspecified atom stereocenters. The molecule has 120 valence electrons. The Kier molecular flexibility index (Phi) is 4.92. The standard InChI is InChI=1S/C14H14F3NO3S/c1-9(4-5-10-3-2-8-21-10)18-22(19,20)12-7-6-11(15)13(16)14(12)17/h2-3,6-9,18H,4-5H2,1H3/t9-/m1/s1. The number of sulfonamides is 1.